The summed E-state index contributed by atoms with van der Waals surface area (Å²) in [6, 6.07) is 17.2. The third-order valence-corrected chi connectivity index (χ3v) is 10.1. The normalized spacial score (nSPS) is 21.4. The van der Waals surface area contributed by atoms with E-state index < -0.39 is 5.82 Å². The van der Waals surface area contributed by atoms with Crippen molar-refractivity contribution in [1.82, 2.24) is 19.0 Å². The summed E-state index contributed by atoms with van der Waals surface area (Å²) in [6.07, 6.45) is 4.47. The number of rotatable bonds is 6. The van der Waals surface area contributed by atoms with Gasteiger partial charge in [-0.1, -0.05) is 29.8 Å². The molecule has 9 heteroatoms. The molecule has 1 aliphatic heterocycles. The molecular formula is C34H33ClFN5O2. The summed E-state index contributed by atoms with van der Waals surface area (Å²) < 4.78 is 24.1. The van der Waals surface area contributed by atoms with Crippen LogP contribution in [0, 0.1) is 17.7 Å². The number of aromatic nitrogens is 3. The van der Waals surface area contributed by atoms with Crippen molar-refractivity contribution < 1.29 is 13.9 Å². The lowest BCUT2D eigenvalue weighted by atomic mass is 10.0. The fourth-order valence-corrected chi connectivity index (χ4v) is 7.50. The molecule has 3 heterocycles. The maximum atomic E-state index is 13.9. The van der Waals surface area contributed by atoms with Gasteiger partial charge in [-0.3, -0.25) is 4.79 Å². The number of fused-ring (bicyclic) bond motifs is 4. The van der Waals surface area contributed by atoms with E-state index >= 15 is 0 Å². The standard InChI is InChI=1S/C34H33ClFN5O2/c1-39-32-26(12-23(15-30(32)43-2)34(42)41-17-22-8-10-27(41)31(22)37)38-33(39)29-14-21-6-5-20(19-7-9-25(36)24(35)11-19)13-28(21)40(29)16-18-3-4-18/h5-7,9,11-15,18,22,27,31H,3-4,8,10,16-17,37H2,1-2H3/t22?,27?,31-/m1/s1. The van der Waals surface area contributed by atoms with Crippen molar-refractivity contribution in [3.63, 3.8) is 0 Å². The van der Waals surface area contributed by atoms with E-state index in [4.69, 9.17) is 27.1 Å². The van der Waals surface area contributed by atoms with E-state index in [0.29, 0.717) is 29.7 Å². The molecule has 3 aromatic carbocycles. The van der Waals surface area contributed by atoms with E-state index in [0.717, 1.165) is 64.0 Å². The van der Waals surface area contributed by atoms with Gasteiger partial charge >= 0.3 is 0 Å². The van der Waals surface area contributed by atoms with Crippen LogP contribution in [-0.2, 0) is 13.6 Å². The molecule has 0 spiro atoms. The number of hydrogen-bond donors (Lipinski definition) is 1. The number of carbonyl (C=O) groups excluding carboxylic acids is 1. The van der Waals surface area contributed by atoms with Crippen LogP contribution in [0.15, 0.2) is 54.6 Å². The molecule has 5 aromatic rings. The number of nitrogens with zero attached hydrogens (tertiary/aromatic N) is 4. The van der Waals surface area contributed by atoms with Crippen molar-refractivity contribution in [2.75, 3.05) is 13.7 Å². The molecule has 7 nitrogen and oxygen atoms in total. The van der Waals surface area contributed by atoms with E-state index in [1.807, 2.05) is 30.1 Å². The van der Waals surface area contributed by atoms with Gasteiger partial charge in [-0.25, -0.2) is 9.37 Å². The molecule has 2 N–H and O–H groups in total. The number of halogens is 2. The SMILES string of the molecule is COc1cc(C(=O)N2CC3CCC2[C@@H]3N)cc2nc(-c3cc4ccc(-c5ccc(F)c(Cl)c5)cc4n3CC3CC3)n(C)c12. The van der Waals surface area contributed by atoms with Crippen molar-refractivity contribution in [1.29, 1.82) is 0 Å². The fourth-order valence-electron chi connectivity index (χ4n) is 7.32. The highest BCUT2D eigenvalue weighted by molar-refractivity contribution is 6.31. The number of aryl methyl sites for hydroxylation is 1. The van der Waals surface area contributed by atoms with Crippen molar-refractivity contribution in [2.45, 2.75) is 44.3 Å². The highest BCUT2D eigenvalue weighted by Crippen LogP contribution is 2.41. The molecule has 3 fully saturated rings. The number of likely N-dealkylation sites (tertiary alicyclic amines) is 1. The summed E-state index contributed by atoms with van der Waals surface area (Å²) in [5.74, 6) is 2.00. The molecule has 2 saturated carbocycles. The lowest BCUT2D eigenvalue weighted by Gasteiger charge is -2.27. The summed E-state index contributed by atoms with van der Waals surface area (Å²) in [4.78, 5) is 20.8. The molecular weight excluding hydrogens is 565 g/mol. The van der Waals surface area contributed by atoms with Gasteiger partial charge in [0.1, 0.15) is 17.1 Å². The van der Waals surface area contributed by atoms with E-state index in [9.17, 15) is 9.18 Å². The smallest absolute Gasteiger partial charge is 0.254 e. The van der Waals surface area contributed by atoms with Crippen molar-refractivity contribution in [2.24, 2.45) is 24.6 Å². The Morgan fingerprint density at radius 1 is 1.07 bits per heavy atom. The zero-order valence-corrected chi connectivity index (χ0v) is 24.9. The Morgan fingerprint density at radius 2 is 1.86 bits per heavy atom. The molecule has 8 rings (SSSR count). The molecule has 2 unspecified atom stereocenters. The number of carbonyl (C=O) groups is 1. The van der Waals surface area contributed by atoms with Gasteiger partial charge in [0.25, 0.3) is 5.91 Å². The molecule has 1 amide bonds. The van der Waals surface area contributed by atoms with Crippen LogP contribution < -0.4 is 10.5 Å². The summed E-state index contributed by atoms with van der Waals surface area (Å²) >= 11 is 6.11. The van der Waals surface area contributed by atoms with Crippen LogP contribution in [0.25, 0.3) is 44.6 Å². The minimum Gasteiger partial charge on any atom is -0.494 e. The first-order valence-electron chi connectivity index (χ1n) is 15.0. The second kappa shape index (κ2) is 9.82. The summed E-state index contributed by atoms with van der Waals surface area (Å²) in [5.41, 5.74) is 12.5. The predicted molar refractivity (Wildman–Crippen MR) is 167 cm³/mol. The predicted octanol–water partition coefficient (Wildman–Crippen LogP) is 6.63. The summed E-state index contributed by atoms with van der Waals surface area (Å²) in [6.45, 7) is 1.60. The van der Waals surface area contributed by atoms with Gasteiger partial charge in [-0.2, -0.15) is 0 Å². The number of methoxy groups -OCH3 is 1. The molecule has 1 saturated heterocycles. The van der Waals surface area contributed by atoms with E-state index in [1.165, 1.54) is 18.9 Å². The first-order valence-corrected chi connectivity index (χ1v) is 15.4. The molecule has 2 bridgehead atoms. The zero-order chi connectivity index (χ0) is 29.6. The molecule has 43 heavy (non-hydrogen) atoms. The highest BCUT2D eigenvalue weighted by atomic mass is 35.5. The maximum absolute atomic E-state index is 13.9. The Hall–Kier alpha value is -3.88. The quantitative estimate of drug-likeness (QED) is 0.238. The number of amides is 1. The Morgan fingerprint density at radius 3 is 2.56 bits per heavy atom. The van der Waals surface area contributed by atoms with Gasteiger partial charge < -0.3 is 24.5 Å². The molecule has 3 aliphatic rings. The Kier molecular flexibility index (Phi) is 6.11. The zero-order valence-electron chi connectivity index (χ0n) is 24.2. The van der Waals surface area contributed by atoms with Crippen LogP contribution in [0.2, 0.25) is 5.02 Å². The van der Waals surface area contributed by atoms with E-state index in [-0.39, 0.29) is 23.0 Å². The average molecular weight is 598 g/mol. The number of imidazole rings is 1. The number of piperidine rings is 1. The first kappa shape index (κ1) is 26.7. The van der Waals surface area contributed by atoms with Crippen LogP contribution in [0.3, 0.4) is 0 Å². The maximum Gasteiger partial charge on any atom is 0.254 e. The second-order valence-electron chi connectivity index (χ2n) is 12.5. The second-order valence-corrected chi connectivity index (χ2v) is 12.9. The van der Waals surface area contributed by atoms with Crippen LogP contribution in [-0.4, -0.2) is 50.7 Å². The average Bonchev–Trinajstić information content (AvgIpc) is 3.42. The van der Waals surface area contributed by atoms with Crippen molar-refractivity contribution in [3.8, 4) is 28.4 Å². The largest absolute Gasteiger partial charge is 0.494 e. The van der Waals surface area contributed by atoms with Crippen molar-refractivity contribution in [3.05, 3.63) is 71.0 Å². The van der Waals surface area contributed by atoms with Gasteiger partial charge in [0.2, 0.25) is 0 Å². The van der Waals surface area contributed by atoms with Crippen LogP contribution in [0.4, 0.5) is 4.39 Å². The Bertz CT molecular complexity index is 1940. The lowest BCUT2D eigenvalue weighted by Crippen LogP contribution is -2.41. The third-order valence-electron chi connectivity index (χ3n) is 9.84. The van der Waals surface area contributed by atoms with Crippen LogP contribution >= 0.6 is 11.6 Å². The monoisotopic (exact) mass is 597 g/mol. The molecule has 3 atom stereocenters. The molecule has 2 aromatic heterocycles. The van der Waals surface area contributed by atoms with Gasteiger partial charge in [-0.15, -0.1) is 0 Å². The Labute approximate surface area is 254 Å². The van der Waals surface area contributed by atoms with Gasteiger partial charge in [0, 0.05) is 48.7 Å². The number of benzene rings is 3. The van der Waals surface area contributed by atoms with E-state index in [2.05, 4.69) is 27.3 Å². The minimum atomic E-state index is -0.427. The van der Waals surface area contributed by atoms with Gasteiger partial charge in [-0.05, 0) is 85.0 Å². The molecule has 220 valence electrons. The highest BCUT2D eigenvalue weighted by Gasteiger charge is 2.47. The van der Waals surface area contributed by atoms with Crippen molar-refractivity contribution >= 4 is 39.4 Å². The number of hydrogen-bond acceptors (Lipinski definition) is 4. The fraction of sp³-hybridized carbons (Fsp3) is 0.353. The lowest BCUT2D eigenvalue weighted by molar-refractivity contribution is 0.0700. The van der Waals surface area contributed by atoms with Gasteiger partial charge in [0.05, 0.1) is 23.3 Å². The Balaban J connectivity index is 1.24. The van der Waals surface area contributed by atoms with E-state index in [1.54, 1.807) is 19.2 Å². The molecule has 0 radical (unpaired) electrons. The number of ether oxygens (including phenoxy) is 1. The van der Waals surface area contributed by atoms with Crippen LogP contribution in [0.1, 0.15) is 36.0 Å². The first-order chi connectivity index (χ1) is 20.8. The topological polar surface area (TPSA) is 78.3 Å². The van der Waals surface area contributed by atoms with Gasteiger partial charge in [0.15, 0.2) is 5.82 Å². The minimum absolute atomic E-state index is 0.00803. The van der Waals surface area contributed by atoms with Crippen LogP contribution in [0.5, 0.6) is 5.75 Å². The third kappa shape index (κ3) is 4.25. The summed E-state index contributed by atoms with van der Waals surface area (Å²) in [7, 11) is 3.63. The number of nitrogens with two attached hydrogens (primary N) is 1. The summed E-state index contributed by atoms with van der Waals surface area (Å²) in [5, 5.41) is 1.21. The molecule has 2 aliphatic carbocycles.